The topological polar surface area (TPSA) is 55.6 Å². The minimum absolute atomic E-state index is 0.0888. The number of carbonyl (C=O) groups excluding carboxylic acids is 1. The van der Waals surface area contributed by atoms with E-state index in [2.05, 4.69) is 13.0 Å². The Morgan fingerprint density at radius 3 is 2.63 bits per heavy atom. The normalized spacial score (nSPS) is 23.9. The second kappa shape index (κ2) is 9.18. The lowest BCUT2D eigenvalue weighted by Crippen LogP contribution is -3.14. The van der Waals surface area contributed by atoms with Gasteiger partial charge in [0.05, 0.1) is 43.9 Å². The van der Waals surface area contributed by atoms with Gasteiger partial charge in [0, 0.05) is 6.42 Å². The summed E-state index contributed by atoms with van der Waals surface area (Å²) in [7, 11) is 3.26. The van der Waals surface area contributed by atoms with Crippen molar-refractivity contribution >= 4 is 23.0 Å². The zero-order valence-electron chi connectivity index (χ0n) is 17.9. The Hall–Kier alpha value is -2.38. The molecule has 160 valence electrons. The average Bonchev–Trinajstić information content (AvgIpc) is 3.45. The SMILES string of the molecule is COc1ccc([C@H]2CC(c3cccs3)=NN2C(=O)C[NH+]2CCC(C)CC2)cc1OC. The monoisotopic (exact) mass is 428 g/mol. The lowest BCUT2D eigenvalue weighted by atomic mass is 9.99. The number of piperidine rings is 1. The molecule has 4 rings (SSSR count). The van der Waals surface area contributed by atoms with Gasteiger partial charge in [0.15, 0.2) is 18.0 Å². The molecule has 0 bridgehead atoms. The summed E-state index contributed by atoms with van der Waals surface area (Å²) >= 11 is 1.66. The number of likely N-dealkylation sites (tertiary alicyclic amines) is 1. The van der Waals surface area contributed by atoms with Crippen LogP contribution in [-0.4, -0.2) is 50.5 Å². The average molecular weight is 429 g/mol. The Kier molecular flexibility index (Phi) is 6.39. The molecule has 1 saturated heterocycles. The number of methoxy groups -OCH3 is 2. The van der Waals surface area contributed by atoms with Crippen molar-refractivity contribution in [2.45, 2.75) is 32.2 Å². The number of carbonyl (C=O) groups is 1. The van der Waals surface area contributed by atoms with Crippen LogP contribution in [-0.2, 0) is 4.79 Å². The first kappa shape index (κ1) is 20.9. The number of amides is 1. The molecule has 6 nitrogen and oxygen atoms in total. The summed E-state index contributed by atoms with van der Waals surface area (Å²) in [5.41, 5.74) is 1.99. The summed E-state index contributed by atoms with van der Waals surface area (Å²) in [4.78, 5) is 15.8. The maximum Gasteiger partial charge on any atom is 0.298 e. The number of thiophene rings is 1. The van der Waals surface area contributed by atoms with Crippen LogP contribution in [0.3, 0.4) is 0 Å². The van der Waals surface area contributed by atoms with Gasteiger partial charge in [-0.15, -0.1) is 11.3 Å². The molecule has 1 aromatic carbocycles. The minimum atomic E-state index is -0.127. The van der Waals surface area contributed by atoms with Crippen LogP contribution in [0.25, 0.3) is 0 Å². The highest BCUT2D eigenvalue weighted by molar-refractivity contribution is 7.12. The summed E-state index contributed by atoms with van der Waals surface area (Å²) in [6.45, 7) is 4.91. The van der Waals surface area contributed by atoms with Crippen molar-refractivity contribution in [3.05, 3.63) is 46.2 Å². The third-order valence-electron chi connectivity index (χ3n) is 6.15. The molecule has 2 aliphatic heterocycles. The van der Waals surface area contributed by atoms with Gasteiger partial charge in [-0.25, -0.2) is 5.01 Å². The highest BCUT2D eigenvalue weighted by atomic mass is 32.1. The maximum absolute atomic E-state index is 13.3. The zero-order valence-corrected chi connectivity index (χ0v) is 18.7. The smallest absolute Gasteiger partial charge is 0.298 e. The molecular formula is C23H30N3O3S+. The van der Waals surface area contributed by atoms with Crippen LogP contribution in [0.15, 0.2) is 40.8 Å². The molecule has 1 amide bonds. The number of rotatable bonds is 6. The van der Waals surface area contributed by atoms with Crippen LogP contribution in [0.5, 0.6) is 11.5 Å². The number of ether oxygens (including phenoxy) is 2. The Balaban J connectivity index is 1.59. The van der Waals surface area contributed by atoms with Crippen LogP contribution in [0.2, 0.25) is 0 Å². The van der Waals surface area contributed by atoms with Crippen molar-refractivity contribution in [1.82, 2.24) is 5.01 Å². The number of hydrogen-bond donors (Lipinski definition) is 1. The third-order valence-corrected chi connectivity index (χ3v) is 7.07. The predicted octanol–water partition coefficient (Wildman–Crippen LogP) is 2.76. The Bertz CT molecular complexity index is 904. The zero-order chi connectivity index (χ0) is 21.1. The number of hydrazone groups is 1. The predicted molar refractivity (Wildman–Crippen MR) is 119 cm³/mol. The standard InChI is InChI=1S/C23H29N3O3S/c1-16-8-10-25(11-9-16)15-23(27)26-19(14-18(24-26)22-5-4-12-30-22)17-6-7-20(28-2)21(13-17)29-3/h4-7,12-13,16,19H,8-11,14-15H2,1-3H3/p+1/t19-/m1/s1. The van der Waals surface area contributed by atoms with Crippen molar-refractivity contribution < 1.29 is 19.2 Å². The lowest BCUT2D eigenvalue weighted by Gasteiger charge is -2.29. The Labute approximate surface area is 182 Å². The highest BCUT2D eigenvalue weighted by Crippen LogP contribution is 2.37. The van der Waals surface area contributed by atoms with Gasteiger partial charge in [0.1, 0.15) is 0 Å². The van der Waals surface area contributed by atoms with Gasteiger partial charge >= 0.3 is 0 Å². The molecule has 30 heavy (non-hydrogen) atoms. The fraction of sp³-hybridized carbons (Fsp3) is 0.478. The first-order chi connectivity index (χ1) is 14.6. The molecule has 0 radical (unpaired) electrons. The fourth-order valence-corrected chi connectivity index (χ4v) is 5.01. The van der Waals surface area contributed by atoms with Gasteiger partial charge in [0.2, 0.25) is 0 Å². The first-order valence-electron chi connectivity index (χ1n) is 10.6. The van der Waals surface area contributed by atoms with E-state index in [0.717, 1.165) is 35.2 Å². The summed E-state index contributed by atoms with van der Waals surface area (Å²) in [5, 5.41) is 8.55. The second-order valence-electron chi connectivity index (χ2n) is 8.21. The van der Waals surface area contributed by atoms with E-state index < -0.39 is 0 Å². The molecule has 1 atom stereocenters. The van der Waals surface area contributed by atoms with Crippen molar-refractivity contribution in [3.8, 4) is 11.5 Å². The van der Waals surface area contributed by atoms with E-state index in [1.807, 2.05) is 29.6 Å². The van der Waals surface area contributed by atoms with E-state index in [4.69, 9.17) is 14.6 Å². The van der Waals surface area contributed by atoms with E-state index in [1.54, 1.807) is 30.6 Å². The molecule has 1 N–H and O–H groups in total. The molecule has 3 heterocycles. The second-order valence-corrected chi connectivity index (χ2v) is 9.15. The first-order valence-corrected chi connectivity index (χ1v) is 11.5. The molecule has 2 aliphatic rings. The molecule has 2 aromatic rings. The molecule has 0 unspecified atom stereocenters. The molecule has 1 fully saturated rings. The van der Waals surface area contributed by atoms with Crippen LogP contribution < -0.4 is 14.4 Å². The van der Waals surface area contributed by atoms with Crippen molar-refractivity contribution in [2.75, 3.05) is 33.9 Å². The Morgan fingerprint density at radius 1 is 1.20 bits per heavy atom. The summed E-state index contributed by atoms with van der Waals surface area (Å²) in [5.74, 6) is 2.20. The Morgan fingerprint density at radius 2 is 1.97 bits per heavy atom. The van der Waals surface area contributed by atoms with Crippen LogP contribution >= 0.6 is 11.3 Å². The van der Waals surface area contributed by atoms with E-state index >= 15 is 0 Å². The maximum atomic E-state index is 13.3. The van der Waals surface area contributed by atoms with Crippen molar-refractivity contribution in [1.29, 1.82) is 0 Å². The minimum Gasteiger partial charge on any atom is -0.493 e. The van der Waals surface area contributed by atoms with Gasteiger partial charge in [-0.1, -0.05) is 19.1 Å². The number of hydrogen-bond acceptors (Lipinski definition) is 5. The van der Waals surface area contributed by atoms with Crippen molar-refractivity contribution in [2.24, 2.45) is 11.0 Å². The van der Waals surface area contributed by atoms with E-state index in [0.29, 0.717) is 24.5 Å². The van der Waals surface area contributed by atoms with E-state index in [-0.39, 0.29) is 11.9 Å². The van der Waals surface area contributed by atoms with E-state index in [1.165, 1.54) is 17.7 Å². The number of nitrogens with zero attached hydrogens (tertiary/aromatic N) is 2. The number of benzene rings is 1. The fourth-order valence-electron chi connectivity index (χ4n) is 4.29. The molecule has 0 spiro atoms. The van der Waals surface area contributed by atoms with Gasteiger partial charge in [0.25, 0.3) is 5.91 Å². The third kappa shape index (κ3) is 4.37. The highest BCUT2D eigenvalue weighted by Gasteiger charge is 2.36. The van der Waals surface area contributed by atoms with Crippen LogP contribution in [0.1, 0.15) is 42.7 Å². The van der Waals surface area contributed by atoms with Gasteiger partial charge in [-0.2, -0.15) is 5.10 Å². The lowest BCUT2D eigenvalue weighted by molar-refractivity contribution is -0.898. The van der Waals surface area contributed by atoms with Crippen LogP contribution in [0, 0.1) is 5.92 Å². The summed E-state index contributed by atoms with van der Waals surface area (Å²) in [6.07, 6.45) is 3.07. The van der Waals surface area contributed by atoms with Crippen molar-refractivity contribution in [3.63, 3.8) is 0 Å². The quantitative estimate of drug-likeness (QED) is 0.770. The van der Waals surface area contributed by atoms with Crippen LogP contribution in [0.4, 0.5) is 0 Å². The van der Waals surface area contributed by atoms with Gasteiger partial charge in [-0.05, 0) is 47.9 Å². The molecular weight excluding hydrogens is 398 g/mol. The number of quaternary nitrogens is 1. The summed E-state index contributed by atoms with van der Waals surface area (Å²) < 4.78 is 10.9. The largest absolute Gasteiger partial charge is 0.493 e. The molecule has 0 aliphatic carbocycles. The summed E-state index contributed by atoms with van der Waals surface area (Å²) in [6, 6.07) is 9.84. The van der Waals surface area contributed by atoms with E-state index in [9.17, 15) is 4.79 Å². The number of nitrogens with one attached hydrogen (secondary N) is 1. The van der Waals surface area contributed by atoms with Gasteiger partial charge < -0.3 is 14.4 Å². The van der Waals surface area contributed by atoms with Gasteiger partial charge in [-0.3, -0.25) is 4.79 Å². The molecule has 0 saturated carbocycles. The molecule has 7 heteroatoms. The molecule has 1 aromatic heterocycles.